The number of carbonyl (C=O) groups excluding carboxylic acids is 1. The number of ketones is 1. The van der Waals surface area contributed by atoms with Crippen LogP contribution in [0.5, 0.6) is 5.75 Å². The van der Waals surface area contributed by atoms with E-state index in [4.69, 9.17) is 4.74 Å². The van der Waals surface area contributed by atoms with Gasteiger partial charge in [-0.1, -0.05) is 37.3 Å². The molecular formula is C23H25NO2. The number of aromatic nitrogens is 1. The first kappa shape index (κ1) is 18.1. The molecule has 1 atom stereocenters. The topological polar surface area (TPSA) is 39.2 Å². The molecule has 0 aliphatic carbocycles. The quantitative estimate of drug-likeness (QED) is 0.553. The van der Waals surface area contributed by atoms with Crippen LogP contribution in [0.3, 0.4) is 0 Å². The van der Waals surface area contributed by atoms with Crippen molar-refractivity contribution in [3.05, 3.63) is 72.1 Å². The SMILES string of the molecule is CCC(=O)CC(CCc1ccc2cc(OC)ccc2c1)c1cccnc1. The Morgan fingerprint density at radius 3 is 2.65 bits per heavy atom. The molecule has 2 aromatic carbocycles. The van der Waals surface area contributed by atoms with Crippen molar-refractivity contribution in [2.24, 2.45) is 0 Å². The Kier molecular flexibility index (Phi) is 6.00. The lowest BCUT2D eigenvalue weighted by molar-refractivity contribution is -0.119. The Bertz CT molecular complexity index is 874. The zero-order valence-electron chi connectivity index (χ0n) is 15.4. The minimum Gasteiger partial charge on any atom is -0.497 e. The largest absolute Gasteiger partial charge is 0.497 e. The van der Waals surface area contributed by atoms with Crippen molar-refractivity contribution in [3.63, 3.8) is 0 Å². The van der Waals surface area contributed by atoms with Gasteiger partial charge in [-0.3, -0.25) is 9.78 Å². The second-order valence-corrected chi connectivity index (χ2v) is 6.67. The number of pyridine rings is 1. The first-order valence-corrected chi connectivity index (χ1v) is 9.18. The van der Waals surface area contributed by atoms with Gasteiger partial charge in [-0.2, -0.15) is 0 Å². The first-order valence-electron chi connectivity index (χ1n) is 9.18. The summed E-state index contributed by atoms with van der Waals surface area (Å²) in [6.07, 6.45) is 6.74. The molecule has 3 heteroatoms. The van der Waals surface area contributed by atoms with E-state index >= 15 is 0 Å². The van der Waals surface area contributed by atoms with Gasteiger partial charge in [-0.25, -0.2) is 0 Å². The summed E-state index contributed by atoms with van der Waals surface area (Å²) in [5.74, 6) is 1.41. The average Bonchev–Trinajstić information content (AvgIpc) is 2.70. The van der Waals surface area contributed by atoms with E-state index in [0.717, 1.165) is 24.2 Å². The summed E-state index contributed by atoms with van der Waals surface area (Å²) in [7, 11) is 1.69. The molecule has 0 spiro atoms. The van der Waals surface area contributed by atoms with Gasteiger partial charge in [-0.15, -0.1) is 0 Å². The molecule has 1 unspecified atom stereocenters. The van der Waals surface area contributed by atoms with Crippen LogP contribution < -0.4 is 4.74 Å². The van der Waals surface area contributed by atoms with E-state index < -0.39 is 0 Å². The molecule has 3 nitrogen and oxygen atoms in total. The van der Waals surface area contributed by atoms with Gasteiger partial charge in [-0.05, 0) is 58.9 Å². The number of hydrogen-bond acceptors (Lipinski definition) is 3. The fourth-order valence-electron chi connectivity index (χ4n) is 3.32. The molecule has 0 aliphatic heterocycles. The van der Waals surface area contributed by atoms with Gasteiger partial charge in [0.25, 0.3) is 0 Å². The second-order valence-electron chi connectivity index (χ2n) is 6.67. The summed E-state index contributed by atoms with van der Waals surface area (Å²) in [6.45, 7) is 1.93. The van der Waals surface area contributed by atoms with Crippen LogP contribution in [0.2, 0.25) is 0 Å². The Morgan fingerprint density at radius 2 is 1.92 bits per heavy atom. The number of carbonyl (C=O) groups is 1. The highest BCUT2D eigenvalue weighted by atomic mass is 16.5. The van der Waals surface area contributed by atoms with Crippen molar-refractivity contribution >= 4 is 16.6 Å². The molecule has 26 heavy (non-hydrogen) atoms. The zero-order chi connectivity index (χ0) is 18.4. The van der Waals surface area contributed by atoms with Gasteiger partial charge < -0.3 is 4.74 Å². The van der Waals surface area contributed by atoms with E-state index in [0.29, 0.717) is 18.6 Å². The molecule has 0 saturated carbocycles. The number of Topliss-reactive ketones (excluding diaryl/α,β-unsaturated/α-hetero) is 1. The van der Waals surface area contributed by atoms with E-state index in [9.17, 15) is 4.79 Å². The van der Waals surface area contributed by atoms with Crippen LogP contribution in [0.25, 0.3) is 10.8 Å². The molecule has 0 N–H and O–H groups in total. The number of rotatable bonds is 8. The molecule has 3 aromatic rings. The molecule has 0 amide bonds. The summed E-state index contributed by atoms with van der Waals surface area (Å²) < 4.78 is 5.29. The Balaban J connectivity index is 1.75. The van der Waals surface area contributed by atoms with E-state index in [1.807, 2.05) is 25.3 Å². The second kappa shape index (κ2) is 8.61. The smallest absolute Gasteiger partial charge is 0.133 e. The normalized spacial score (nSPS) is 12.1. The molecule has 1 heterocycles. The number of methoxy groups -OCH3 is 1. The van der Waals surface area contributed by atoms with Crippen LogP contribution >= 0.6 is 0 Å². The molecular weight excluding hydrogens is 322 g/mol. The fourth-order valence-corrected chi connectivity index (χ4v) is 3.32. The van der Waals surface area contributed by atoms with Crippen molar-refractivity contribution in [2.75, 3.05) is 7.11 Å². The lowest BCUT2D eigenvalue weighted by Crippen LogP contribution is -2.08. The van der Waals surface area contributed by atoms with Crippen LogP contribution in [0.1, 0.15) is 43.2 Å². The number of ether oxygens (including phenoxy) is 1. The number of fused-ring (bicyclic) bond motifs is 1. The molecule has 0 fully saturated rings. The fraction of sp³-hybridized carbons (Fsp3) is 0.304. The van der Waals surface area contributed by atoms with E-state index in [2.05, 4.69) is 41.4 Å². The van der Waals surface area contributed by atoms with E-state index in [1.54, 1.807) is 13.3 Å². The number of nitrogens with zero attached hydrogens (tertiary/aromatic N) is 1. The van der Waals surface area contributed by atoms with Crippen LogP contribution in [0, 0.1) is 0 Å². The Hall–Kier alpha value is -2.68. The van der Waals surface area contributed by atoms with Crippen molar-refractivity contribution in [1.82, 2.24) is 4.98 Å². The summed E-state index contributed by atoms with van der Waals surface area (Å²) in [4.78, 5) is 16.2. The molecule has 0 radical (unpaired) electrons. The van der Waals surface area contributed by atoms with Gasteiger partial charge in [0, 0.05) is 25.2 Å². The number of hydrogen-bond donors (Lipinski definition) is 0. The van der Waals surface area contributed by atoms with Gasteiger partial charge in [0.05, 0.1) is 7.11 Å². The van der Waals surface area contributed by atoms with Crippen molar-refractivity contribution in [2.45, 2.75) is 38.5 Å². The molecule has 0 saturated heterocycles. The summed E-state index contributed by atoms with van der Waals surface area (Å²) in [6, 6.07) is 16.7. The third-order valence-electron chi connectivity index (χ3n) is 4.92. The van der Waals surface area contributed by atoms with E-state index in [-0.39, 0.29) is 5.92 Å². The summed E-state index contributed by atoms with van der Waals surface area (Å²) >= 11 is 0. The lowest BCUT2D eigenvalue weighted by atomic mass is 9.88. The summed E-state index contributed by atoms with van der Waals surface area (Å²) in [5, 5.41) is 2.39. The minimum absolute atomic E-state index is 0.225. The first-order chi connectivity index (χ1) is 12.7. The molecule has 3 rings (SSSR count). The molecule has 1 aromatic heterocycles. The Labute approximate surface area is 155 Å². The summed E-state index contributed by atoms with van der Waals surface area (Å²) in [5.41, 5.74) is 2.44. The van der Waals surface area contributed by atoms with Crippen molar-refractivity contribution in [3.8, 4) is 5.75 Å². The van der Waals surface area contributed by atoms with Crippen LogP contribution in [-0.2, 0) is 11.2 Å². The van der Waals surface area contributed by atoms with Gasteiger partial charge >= 0.3 is 0 Å². The molecule has 0 bridgehead atoms. The third kappa shape index (κ3) is 4.48. The third-order valence-corrected chi connectivity index (χ3v) is 4.92. The maximum atomic E-state index is 12.0. The monoisotopic (exact) mass is 347 g/mol. The number of benzene rings is 2. The predicted octanol–water partition coefficient (Wildman–Crippen LogP) is 5.33. The number of aryl methyl sites for hydroxylation is 1. The molecule has 0 aliphatic rings. The van der Waals surface area contributed by atoms with Crippen LogP contribution in [-0.4, -0.2) is 17.9 Å². The van der Waals surface area contributed by atoms with Gasteiger partial charge in [0.2, 0.25) is 0 Å². The highest BCUT2D eigenvalue weighted by Gasteiger charge is 2.15. The van der Waals surface area contributed by atoms with E-state index in [1.165, 1.54) is 16.3 Å². The van der Waals surface area contributed by atoms with Gasteiger partial charge in [0.1, 0.15) is 11.5 Å². The maximum absolute atomic E-state index is 12.0. The maximum Gasteiger partial charge on any atom is 0.133 e. The average molecular weight is 347 g/mol. The van der Waals surface area contributed by atoms with Gasteiger partial charge in [0.15, 0.2) is 0 Å². The van der Waals surface area contributed by atoms with Crippen LogP contribution in [0.15, 0.2) is 60.9 Å². The zero-order valence-corrected chi connectivity index (χ0v) is 15.4. The highest BCUT2D eigenvalue weighted by molar-refractivity contribution is 5.84. The highest BCUT2D eigenvalue weighted by Crippen LogP contribution is 2.27. The van der Waals surface area contributed by atoms with Crippen molar-refractivity contribution in [1.29, 1.82) is 0 Å². The lowest BCUT2D eigenvalue weighted by Gasteiger charge is -2.16. The predicted molar refractivity (Wildman–Crippen MR) is 106 cm³/mol. The van der Waals surface area contributed by atoms with Crippen LogP contribution in [0.4, 0.5) is 0 Å². The van der Waals surface area contributed by atoms with Crippen molar-refractivity contribution < 1.29 is 9.53 Å². The Morgan fingerprint density at radius 1 is 1.12 bits per heavy atom. The molecule has 134 valence electrons. The standard InChI is InChI=1S/C23H25NO2/c1-3-22(25)14-19(21-5-4-12-24-16-21)8-6-17-7-9-20-15-23(26-2)11-10-18(20)13-17/h4-5,7,9-13,15-16,19H,3,6,8,14H2,1-2H3. The minimum atomic E-state index is 0.225.